The van der Waals surface area contributed by atoms with Crippen LogP contribution in [0, 0.1) is 5.92 Å². The highest BCUT2D eigenvalue weighted by Crippen LogP contribution is 2.42. The standard InChI is InChI=1S/C17H19N7O/c1-9(10-2-3-10)24-15-13(7-20-24)12(6-14(21-15)11-4-5-11)16(25)22-17-18-8-19-23-17/h6-11H,2-5H2,1H3,(H2,18,19,22,23,25)/t9-/m1/s1. The van der Waals surface area contributed by atoms with E-state index in [-0.39, 0.29) is 5.91 Å². The van der Waals surface area contributed by atoms with E-state index in [1.54, 1.807) is 6.20 Å². The Bertz CT molecular complexity index is 937. The van der Waals surface area contributed by atoms with Crippen molar-refractivity contribution in [1.29, 1.82) is 0 Å². The lowest BCUT2D eigenvalue weighted by molar-refractivity contribution is 0.102. The highest BCUT2D eigenvalue weighted by molar-refractivity contribution is 6.11. The molecule has 0 aromatic carbocycles. The lowest BCUT2D eigenvalue weighted by atomic mass is 10.1. The predicted molar refractivity (Wildman–Crippen MR) is 91.3 cm³/mol. The molecule has 2 fully saturated rings. The lowest BCUT2D eigenvalue weighted by Crippen LogP contribution is -2.15. The number of rotatable bonds is 5. The summed E-state index contributed by atoms with van der Waals surface area (Å²) in [7, 11) is 0. The van der Waals surface area contributed by atoms with Crippen LogP contribution in [0.3, 0.4) is 0 Å². The van der Waals surface area contributed by atoms with Gasteiger partial charge in [0.2, 0.25) is 5.95 Å². The first-order valence-corrected chi connectivity index (χ1v) is 8.75. The third-order valence-electron chi connectivity index (χ3n) is 5.16. The molecule has 1 amide bonds. The number of aromatic nitrogens is 6. The fraction of sp³-hybridized carbons (Fsp3) is 0.471. The third kappa shape index (κ3) is 2.57. The Morgan fingerprint density at radius 1 is 1.36 bits per heavy atom. The predicted octanol–water partition coefficient (Wildman–Crippen LogP) is 2.65. The highest BCUT2D eigenvalue weighted by Gasteiger charge is 2.32. The van der Waals surface area contributed by atoms with Crippen LogP contribution in [0.25, 0.3) is 11.0 Å². The summed E-state index contributed by atoms with van der Waals surface area (Å²) in [5, 5.41) is 14.5. The molecule has 0 unspecified atom stereocenters. The SMILES string of the molecule is C[C@H](C1CC1)n1ncc2c(C(=O)Nc3ncn[nH]3)cc(C3CC3)nc21. The minimum atomic E-state index is -0.218. The Hall–Kier alpha value is -2.77. The molecule has 8 heteroatoms. The van der Waals surface area contributed by atoms with Gasteiger partial charge in [0.25, 0.3) is 5.91 Å². The number of carbonyl (C=O) groups is 1. The van der Waals surface area contributed by atoms with E-state index in [1.165, 1.54) is 19.2 Å². The largest absolute Gasteiger partial charge is 0.291 e. The zero-order valence-corrected chi connectivity index (χ0v) is 13.9. The molecular formula is C17H19N7O. The van der Waals surface area contributed by atoms with Crippen LogP contribution >= 0.6 is 0 Å². The van der Waals surface area contributed by atoms with Crippen molar-refractivity contribution in [2.24, 2.45) is 5.92 Å². The topological polar surface area (TPSA) is 101 Å². The van der Waals surface area contributed by atoms with Gasteiger partial charge < -0.3 is 0 Å². The number of anilines is 1. The van der Waals surface area contributed by atoms with Crippen molar-refractivity contribution in [2.75, 3.05) is 5.32 Å². The first-order valence-electron chi connectivity index (χ1n) is 8.75. The number of hydrogen-bond donors (Lipinski definition) is 2. The molecule has 0 aliphatic heterocycles. The number of H-pyrrole nitrogens is 1. The minimum absolute atomic E-state index is 0.218. The second kappa shape index (κ2) is 5.37. The second-order valence-electron chi connectivity index (χ2n) is 7.06. The number of nitrogens with one attached hydrogen (secondary N) is 2. The van der Waals surface area contributed by atoms with Gasteiger partial charge in [0.1, 0.15) is 6.33 Å². The van der Waals surface area contributed by atoms with Crippen molar-refractivity contribution in [2.45, 2.75) is 44.6 Å². The molecule has 0 spiro atoms. The van der Waals surface area contributed by atoms with Crippen molar-refractivity contribution in [1.82, 2.24) is 29.9 Å². The Morgan fingerprint density at radius 3 is 2.88 bits per heavy atom. The van der Waals surface area contributed by atoms with Crippen molar-refractivity contribution in [3.05, 3.63) is 29.8 Å². The molecule has 3 heterocycles. The molecular weight excluding hydrogens is 318 g/mol. The van der Waals surface area contributed by atoms with Gasteiger partial charge in [-0.15, -0.1) is 0 Å². The molecule has 3 aromatic rings. The van der Waals surface area contributed by atoms with Crippen molar-refractivity contribution < 1.29 is 4.79 Å². The van der Waals surface area contributed by atoms with Crippen LogP contribution in [-0.2, 0) is 0 Å². The molecule has 0 bridgehead atoms. The van der Waals surface area contributed by atoms with Crippen LogP contribution < -0.4 is 5.32 Å². The van der Waals surface area contributed by atoms with E-state index in [0.29, 0.717) is 29.4 Å². The molecule has 2 saturated carbocycles. The zero-order chi connectivity index (χ0) is 17.0. The number of hydrogen-bond acceptors (Lipinski definition) is 5. The minimum Gasteiger partial charge on any atom is -0.291 e. The van der Waals surface area contributed by atoms with Crippen LogP contribution in [0.5, 0.6) is 0 Å². The molecule has 0 saturated heterocycles. The van der Waals surface area contributed by atoms with Gasteiger partial charge in [0.15, 0.2) is 5.65 Å². The lowest BCUT2D eigenvalue weighted by Gasteiger charge is -2.13. The Balaban J connectivity index is 1.60. The number of carbonyl (C=O) groups excluding carboxylic acids is 1. The van der Waals surface area contributed by atoms with Gasteiger partial charge in [-0.2, -0.15) is 15.2 Å². The van der Waals surface area contributed by atoms with Gasteiger partial charge in [-0.3, -0.25) is 10.1 Å². The van der Waals surface area contributed by atoms with Crippen LogP contribution in [0.1, 0.15) is 60.6 Å². The number of nitrogens with zero attached hydrogens (tertiary/aromatic N) is 5. The normalized spacial score (nSPS) is 18.4. The summed E-state index contributed by atoms with van der Waals surface area (Å²) in [6, 6.07) is 2.21. The van der Waals surface area contributed by atoms with E-state index in [9.17, 15) is 4.79 Å². The van der Waals surface area contributed by atoms with Gasteiger partial charge in [-0.1, -0.05) is 0 Å². The summed E-state index contributed by atoms with van der Waals surface area (Å²) in [6.07, 6.45) is 7.87. The maximum atomic E-state index is 12.8. The molecule has 3 aromatic heterocycles. The van der Waals surface area contributed by atoms with Crippen LogP contribution in [0.4, 0.5) is 5.95 Å². The number of amides is 1. The Kier molecular flexibility index (Phi) is 3.13. The summed E-state index contributed by atoms with van der Waals surface area (Å²) in [5.41, 5.74) is 2.39. The monoisotopic (exact) mass is 337 g/mol. The summed E-state index contributed by atoms with van der Waals surface area (Å²) in [5.74, 6) is 1.24. The zero-order valence-electron chi connectivity index (χ0n) is 13.9. The van der Waals surface area contributed by atoms with E-state index in [2.05, 4.69) is 32.5 Å². The van der Waals surface area contributed by atoms with Crippen molar-refractivity contribution in [3.8, 4) is 0 Å². The average Bonchev–Trinajstić information content (AvgIpc) is 3.54. The van der Waals surface area contributed by atoms with Crippen LogP contribution in [0.15, 0.2) is 18.6 Å². The third-order valence-corrected chi connectivity index (χ3v) is 5.16. The first-order chi connectivity index (χ1) is 12.2. The van der Waals surface area contributed by atoms with Gasteiger partial charge in [-0.25, -0.2) is 14.8 Å². The van der Waals surface area contributed by atoms with Crippen molar-refractivity contribution >= 4 is 22.9 Å². The maximum absolute atomic E-state index is 12.8. The van der Waals surface area contributed by atoms with Gasteiger partial charge in [-0.05, 0) is 44.6 Å². The van der Waals surface area contributed by atoms with E-state index in [1.807, 2.05) is 10.7 Å². The Labute approximate surface area is 144 Å². The van der Waals surface area contributed by atoms with Gasteiger partial charge >= 0.3 is 0 Å². The first kappa shape index (κ1) is 14.6. The van der Waals surface area contributed by atoms with E-state index in [0.717, 1.165) is 29.6 Å². The van der Waals surface area contributed by atoms with Gasteiger partial charge in [0.05, 0.1) is 23.2 Å². The Morgan fingerprint density at radius 2 is 2.20 bits per heavy atom. The summed E-state index contributed by atoms with van der Waals surface area (Å²) >= 11 is 0. The van der Waals surface area contributed by atoms with Crippen LogP contribution in [-0.4, -0.2) is 35.9 Å². The number of aromatic amines is 1. The molecule has 8 nitrogen and oxygen atoms in total. The average molecular weight is 337 g/mol. The molecule has 2 aliphatic rings. The fourth-order valence-electron chi connectivity index (χ4n) is 3.33. The molecule has 128 valence electrons. The molecule has 0 radical (unpaired) electrons. The quantitative estimate of drug-likeness (QED) is 0.745. The highest BCUT2D eigenvalue weighted by atomic mass is 16.1. The maximum Gasteiger partial charge on any atom is 0.258 e. The fourth-order valence-corrected chi connectivity index (χ4v) is 3.33. The summed E-state index contributed by atoms with van der Waals surface area (Å²) in [4.78, 5) is 21.6. The molecule has 2 aliphatic carbocycles. The molecule has 25 heavy (non-hydrogen) atoms. The second-order valence-corrected chi connectivity index (χ2v) is 7.06. The molecule has 5 rings (SSSR count). The molecule has 1 atom stereocenters. The van der Waals surface area contributed by atoms with Gasteiger partial charge in [0, 0.05) is 11.6 Å². The van der Waals surface area contributed by atoms with E-state index < -0.39 is 0 Å². The number of pyridine rings is 1. The van der Waals surface area contributed by atoms with E-state index in [4.69, 9.17) is 4.98 Å². The van der Waals surface area contributed by atoms with Crippen LogP contribution in [0.2, 0.25) is 0 Å². The smallest absolute Gasteiger partial charge is 0.258 e. The number of fused-ring (bicyclic) bond motifs is 1. The summed E-state index contributed by atoms with van der Waals surface area (Å²) < 4.78 is 1.99. The van der Waals surface area contributed by atoms with E-state index >= 15 is 0 Å². The molecule has 2 N–H and O–H groups in total. The summed E-state index contributed by atoms with van der Waals surface area (Å²) in [6.45, 7) is 2.18. The van der Waals surface area contributed by atoms with Crippen molar-refractivity contribution in [3.63, 3.8) is 0 Å².